The fourth-order valence-corrected chi connectivity index (χ4v) is 2.30. The average Bonchev–Trinajstić information content (AvgIpc) is 2.34. The van der Waals surface area contributed by atoms with E-state index in [1.165, 1.54) is 82.6 Å². The van der Waals surface area contributed by atoms with Crippen molar-refractivity contribution in [3.8, 4) is 0 Å². The van der Waals surface area contributed by atoms with Crippen molar-refractivity contribution in [3.63, 3.8) is 0 Å². The van der Waals surface area contributed by atoms with E-state index in [2.05, 4.69) is 26.8 Å². The Balaban J connectivity index is 2.97. The third kappa shape index (κ3) is 15.7. The first kappa shape index (κ1) is 17.7. The molecule has 0 saturated heterocycles. The molecule has 0 N–H and O–H groups in total. The second-order valence-corrected chi connectivity index (χ2v) is 5.81. The summed E-state index contributed by atoms with van der Waals surface area (Å²) in [4.78, 5) is 0. The lowest BCUT2D eigenvalue weighted by atomic mass is 10.0. The van der Waals surface area contributed by atoms with E-state index in [1.807, 2.05) is 0 Å². The van der Waals surface area contributed by atoms with Gasteiger partial charge in [0.25, 0.3) is 0 Å². The van der Waals surface area contributed by atoms with Crippen molar-refractivity contribution in [3.05, 3.63) is 18.6 Å². The van der Waals surface area contributed by atoms with E-state index in [0.717, 1.165) is 6.42 Å². The largest absolute Gasteiger partial charge is 0.0859 e. The van der Waals surface area contributed by atoms with Gasteiger partial charge in [0.1, 0.15) is 0 Å². The van der Waals surface area contributed by atoms with Crippen LogP contribution in [-0.4, -0.2) is 0 Å². The molecule has 0 aliphatic heterocycles. The molecule has 0 fully saturated rings. The Hall–Kier alpha value is -0.260. The molecule has 0 spiro atoms. The highest BCUT2D eigenvalue weighted by Gasteiger charge is 1.92. The van der Waals surface area contributed by atoms with Gasteiger partial charge in [-0.2, -0.15) is 0 Å². The molecule has 0 aromatic rings. The van der Waals surface area contributed by atoms with E-state index < -0.39 is 0 Å². The zero-order valence-electron chi connectivity index (χ0n) is 13.0. The predicted molar refractivity (Wildman–Crippen MR) is 84.8 cm³/mol. The van der Waals surface area contributed by atoms with Crippen molar-refractivity contribution in [1.29, 1.82) is 0 Å². The fraction of sp³-hybridized carbons (Fsp3) is 0.833. The summed E-state index contributed by atoms with van der Waals surface area (Å²) in [6, 6.07) is 0. The smallest absolute Gasteiger partial charge is 0.0348 e. The third-order valence-corrected chi connectivity index (χ3v) is 3.51. The SMILES string of the molecule is [CH2]CCCCCCCCCCCCCC=C(C)C. The van der Waals surface area contributed by atoms with Gasteiger partial charge in [-0.15, -0.1) is 0 Å². The Morgan fingerprint density at radius 2 is 1.06 bits per heavy atom. The second kappa shape index (κ2) is 14.8. The summed E-state index contributed by atoms with van der Waals surface area (Å²) in [5.74, 6) is 0. The lowest BCUT2D eigenvalue weighted by Gasteiger charge is -2.02. The van der Waals surface area contributed by atoms with Gasteiger partial charge in [-0.05, 0) is 26.7 Å². The molecular weight excluding hydrogens is 216 g/mol. The Morgan fingerprint density at radius 3 is 1.44 bits per heavy atom. The van der Waals surface area contributed by atoms with Gasteiger partial charge in [0.15, 0.2) is 0 Å². The van der Waals surface area contributed by atoms with Crippen LogP contribution in [0.4, 0.5) is 0 Å². The minimum atomic E-state index is 1.12. The number of unbranched alkanes of at least 4 members (excludes halogenated alkanes) is 12. The maximum Gasteiger partial charge on any atom is -0.0348 e. The van der Waals surface area contributed by atoms with Gasteiger partial charge in [0.05, 0.1) is 0 Å². The topological polar surface area (TPSA) is 0 Å². The van der Waals surface area contributed by atoms with Crippen LogP contribution in [0.15, 0.2) is 11.6 Å². The summed E-state index contributed by atoms with van der Waals surface area (Å²) in [5, 5.41) is 0. The van der Waals surface area contributed by atoms with Gasteiger partial charge in [-0.25, -0.2) is 0 Å². The highest BCUT2D eigenvalue weighted by atomic mass is 14.0. The van der Waals surface area contributed by atoms with Crippen molar-refractivity contribution in [2.75, 3.05) is 0 Å². The standard InChI is InChI=1S/C18H35/c1-4-5-6-7-8-9-10-11-12-13-14-15-16-17-18(2)3/h17H,1,4-16H2,2-3H3. The molecule has 0 unspecified atom stereocenters. The van der Waals surface area contributed by atoms with Gasteiger partial charge in [0, 0.05) is 0 Å². The van der Waals surface area contributed by atoms with E-state index in [-0.39, 0.29) is 0 Å². The van der Waals surface area contributed by atoms with Crippen molar-refractivity contribution in [1.82, 2.24) is 0 Å². The lowest BCUT2D eigenvalue weighted by molar-refractivity contribution is 0.547. The molecule has 0 aromatic heterocycles. The van der Waals surface area contributed by atoms with Gasteiger partial charge in [-0.3, -0.25) is 0 Å². The summed E-state index contributed by atoms with van der Waals surface area (Å²) in [6.07, 6.45) is 20.4. The molecule has 0 aliphatic rings. The van der Waals surface area contributed by atoms with E-state index in [4.69, 9.17) is 0 Å². The number of rotatable bonds is 13. The van der Waals surface area contributed by atoms with E-state index in [9.17, 15) is 0 Å². The molecule has 0 bridgehead atoms. The summed E-state index contributed by atoms with van der Waals surface area (Å²) in [5.41, 5.74) is 1.47. The van der Waals surface area contributed by atoms with Crippen LogP contribution in [0, 0.1) is 6.92 Å². The maximum absolute atomic E-state index is 3.88. The predicted octanol–water partition coefficient (Wildman–Crippen LogP) is 6.86. The fourth-order valence-electron chi connectivity index (χ4n) is 2.30. The van der Waals surface area contributed by atoms with Crippen molar-refractivity contribution in [2.45, 2.75) is 97.3 Å². The second-order valence-electron chi connectivity index (χ2n) is 5.81. The van der Waals surface area contributed by atoms with Crippen LogP contribution < -0.4 is 0 Å². The van der Waals surface area contributed by atoms with Crippen LogP contribution in [0.5, 0.6) is 0 Å². The first-order valence-electron chi connectivity index (χ1n) is 8.20. The zero-order valence-corrected chi connectivity index (χ0v) is 13.0. The normalized spacial score (nSPS) is 10.6. The Morgan fingerprint density at radius 1 is 0.667 bits per heavy atom. The van der Waals surface area contributed by atoms with E-state index in [1.54, 1.807) is 0 Å². The van der Waals surface area contributed by atoms with Gasteiger partial charge < -0.3 is 0 Å². The first-order chi connectivity index (χ1) is 8.77. The molecule has 0 heterocycles. The summed E-state index contributed by atoms with van der Waals surface area (Å²) >= 11 is 0. The molecule has 0 nitrogen and oxygen atoms in total. The zero-order chi connectivity index (χ0) is 13.5. The maximum atomic E-state index is 3.88. The van der Waals surface area contributed by atoms with Gasteiger partial charge in [0.2, 0.25) is 0 Å². The molecule has 0 amide bonds. The molecule has 0 saturated carbocycles. The minimum absolute atomic E-state index is 1.12. The quantitative estimate of drug-likeness (QED) is 0.248. The van der Waals surface area contributed by atoms with E-state index >= 15 is 0 Å². The minimum Gasteiger partial charge on any atom is -0.0859 e. The van der Waals surface area contributed by atoms with Crippen LogP contribution in [0.2, 0.25) is 0 Å². The third-order valence-electron chi connectivity index (χ3n) is 3.51. The van der Waals surface area contributed by atoms with Crippen molar-refractivity contribution in [2.24, 2.45) is 0 Å². The average molecular weight is 251 g/mol. The summed E-state index contributed by atoms with van der Waals surface area (Å²) in [6.45, 7) is 8.26. The molecule has 18 heavy (non-hydrogen) atoms. The number of hydrogen-bond acceptors (Lipinski definition) is 0. The Labute approximate surface area is 116 Å². The van der Waals surface area contributed by atoms with Crippen LogP contribution in [-0.2, 0) is 0 Å². The van der Waals surface area contributed by atoms with Crippen LogP contribution >= 0.6 is 0 Å². The van der Waals surface area contributed by atoms with Crippen molar-refractivity contribution < 1.29 is 0 Å². The monoisotopic (exact) mass is 251 g/mol. The molecule has 0 atom stereocenters. The van der Waals surface area contributed by atoms with Gasteiger partial charge >= 0.3 is 0 Å². The molecule has 1 radical (unpaired) electrons. The van der Waals surface area contributed by atoms with E-state index in [0.29, 0.717) is 0 Å². The Bertz CT molecular complexity index is 174. The molecule has 107 valence electrons. The van der Waals surface area contributed by atoms with Crippen LogP contribution in [0.1, 0.15) is 97.3 Å². The van der Waals surface area contributed by atoms with Crippen LogP contribution in [0.25, 0.3) is 0 Å². The number of hydrogen-bond donors (Lipinski definition) is 0. The molecular formula is C18H35. The highest BCUT2D eigenvalue weighted by molar-refractivity contribution is 4.92. The highest BCUT2D eigenvalue weighted by Crippen LogP contribution is 2.12. The van der Waals surface area contributed by atoms with Crippen molar-refractivity contribution >= 4 is 0 Å². The molecule has 0 aromatic carbocycles. The molecule has 0 heteroatoms. The summed E-state index contributed by atoms with van der Waals surface area (Å²) < 4.78 is 0. The lowest BCUT2D eigenvalue weighted by Crippen LogP contribution is -1.82. The molecule has 0 aliphatic carbocycles. The first-order valence-corrected chi connectivity index (χ1v) is 8.20. The Kier molecular flexibility index (Phi) is 14.6. The summed E-state index contributed by atoms with van der Waals surface area (Å²) in [7, 11) is 0. The molecule has 0 rings (SSSR count). The van der Waals surface area contributed by atoms with Gasteiger partial charge in [-0.1, -0.05) is 89.2 Å². The number of allylic oxidation sites excluding steroid dienone is 2. The van der Waals surface area contributed by atoms with Crippen LogP contribution in [0.3, 0.4) is 0 Å².